The van der Waals surface area contributed by atoms with Crippen molar-refractivity contribution in [1.29, 1.82) is 0 Å². The van der Waals surface area contributed by atoms with Crippen LogP contribution < -0.4 is 4.74 Å². The maximum absolute atomic E-state index is 10.1. The van der Waals surface area contributed by atoms with Gasteiger partial charge in [-0.25, -0.2) is 0 Å². The monoisotopic (exact) mass is 384 g/mol. The largest absolute Gasteiger partial charge is 0.487 e. The summed E-state index contributed by atoms with van der Waals surface area (Å²) in [5, 5.41) is 12.5. The summed E-state index contributed by atoms with van der Waals surface area (Å²) in [6.07, 6.45) is 4.29. The number of benzene rings is 2. The maximum atomic E-state index is 10.1. The fraction of sp³-hybridized carbons (Fsp3) is 0.200. The van der Waals surface area contributed by atoms with Crippen molar-refractivity contribution in [1.82, 2.24) is 9.97 Å². The van der Waals surface area contributed by atoms with E-state index in [0.717, 1.165) is 22.7 Å². The van der Waals surface area contributed by atoms with Gasteiger partial charge in [-0.1, -0.05) is 48.5 Å². The summed E-state index contributed by atoms with van der Waals surface area (Å²) in [7, 11) is 0. The van der Waals surface area contributed by atoms with Crippen LogP contribution in [-0.2, 0) is 13.0 Å². The number of fused-ring (bicyclic) bond motifs is 1. The summed E-state index contributed by atoms with van der Waals surface area (Å²) in [5.74, 6) is 0.677. The lowest BCUT2D eigenvalue weighted by Crippen LogP contribution is -2.11. The average Bonchev–Trinajstić information content (AvgIpc) is 2.78. The first-order valence-corrected chi connectivity index (χ1v) is 9.81. The molecule has 0 aliphatic carbocycles. The van der Waals surface area contributed by atoms with Gasteiger partial charge >= 0.3 is 0 Å². The van der Waals surface area contributed by atoms with Crippen molar-refractivity contribution in [3.63, 3.8) is 0 Å². The number of rotatable bonds is 7. The first-order chi connectivity index (χ1) is 14.2. The molecule has 4 heteroatoms. The zero-order valence-corrected chi connectivity index (χ0v) is 16.5. The van der Waals surface area contributed by atoms with E-state index in [1.165, 1.54) is 16.3 Å². The number of ether oxygens (including phenoxy) is 1. The third-order valence-corrected chi connectivity index (χ3v) is 5.16. The Kier molecular flexibility index (Phi) is 5.82. The number of aliphatic hydroxyl groups is 1. The van der Waals surface area contributed by atoms with Crippen LogP contribution in [0.2, 0.25) is 0 Å². The predicted molar refractivity (Wildman–Crippen MR) is 115 cm³/mol. The number of aryl methyl sites for hydroxylation is 1. The third-order valence-electron chi connectivity index (χ3n) is 5.16. The van der Waals surface area contributed by atoms with Crippen molar-refractivity contribution >= 4 is 10.8 Å². The fourth-order valence-electron chi connectivity index (χ4n) is 3.53. The third kappa shape index (κ3) is 4.44. The molecule has 0 fully saturated rings. The van der Waals surface area contributed by atoms with Gasteiger partial charge in [-0.15, -0.1) is 0 Å². The normalized spacial score (nSPS) is 12.1. The second kappa shape index (κ2) is 8.84. The van der Waals surface area contributed by atoms with Gasteiger partial charge < -0.3 is 9.84 Å². The molecule has 2 aromatic carbocycles. The van der Waals surface area contributed by atoms with E-state index >= 15 is 0 Å². The van der Waals surface area contributed by atoms with Crippen molar-refractivity contribution < 1.29 is 9.84 Å². The number of hydrogen-bond donors (Lipinski definition) is 1. The predicted octanol–water partition coefficient (Wildman–Crippen LogP) is 4.84. The Morgan fingerprint density at radius 2 is 1.79 bits per heavy atom. The average molecular weight is 384 g/mol. The molecule has 1 unspecified atom stereocenters. The molecule has 4 rings (SSSR count). The van der Waals surface area contributed by atoms with E-state index in [-0.39, 0.29) is 12.5 Å². The molecule has 4 aromatic rings. The maximum Gasteiger partial charge on any atom is 0.130 e. The van der Waals surface area contributed by atoms with Crippen LogP contribution in [-0.4, -0.2) is 21.7 Å². The van der Waals surface area contributed by atoms with Crippen molar-refractivity contribution in [2.45, 2.75) is 25.9 Å². The Hall–Kier alpha value is -3.24. The molecule has 0 aliphatic heterocycles. The number of pyridine rings is 2. The van der Waals surface area contributed by atoms with E-state index < -0.39 is 0 Å². The quantitative estimate of drug-likeness (QED) is 0.496. The smallest absolute Gasteiger partial charge is 0.130 e. The molecule has 0 aliphatic rings. The van der Waals surface area contributed by atoms with E-state index in [1.54, 1.807) is 6.20 Å². The number of aliphatic hydroxyl groups excluding tert-OH is 1. The number of nitrogens with zero attached hydrogens (tertiary/aromatic N) is 2. The van der Waals surface area contributed by atoms with E-state index in [4.69, 9.17) is 4.74 Å². The summed E-state index contributed by atoms with van der Waals surface area (Å²) >= 11 is 0. The molecule has 2 heterocycles. The molecule has 4 nitrogen and oxygen atoms in total. The van der Waals surface area contributed by atoms with Crippen LogP contribution in [0, 0.1) is 6.92 Å². The van der Waals surface area contributed by atoms with Gasteiger partial charge in [-0.05, 0) is 41.8 Å². The summed E-state index contributed by atoms with van der Waals surface area (Å²) in [6, 6.07) is 22.4. The molecule has 0 amide bonds. The SMILES string of the molecule is Cc1cnc(C(CO)Cc2cccc3ccccc23)cc1OCc1ccccn1. The van der Waals surface area contributed by atoms with Gasteiger partial charge in [0.1, 0.15) is 12.4 Å². The lowest BCUT2D eigenvalue weighted by atomic mass is 9.92. The molecule has 29 heavy (non-hydrogen) atoms. The summed E-state index contributed by atoms with van der Waals surface area (Å²) in [5.41, 5.74) is 3.88. The molecule has 146 valence electrons. The van der Waals surface area contributed by atoms with E-state index in [9.17, 15) is 5.11 Å². The summed E-state index contributed by atoms with van der Waals surface area (Å²) in [6.45, 7) is 2.40. The molecule has 0 saturated heterocycles. The minimum absolute atomic E-state index is 0.0267. The van der Waals surface area contributed by atoms with Crippen molar-refractivity contribution in [2.24, 2.45) is 0 Å². The van der Waals surface area contributed by atoms with Crippen LogP contribution in [0.4, 0.5) is 0 Å². The molecular weight excluding hydrogens is 360 g/mol. The Balaban J connectivity index is 1.57. The topological polar surface area (TPSA) is 55.2 Å². The standard InChI is InChI=1S/C25H24N2O2/c1-18-15-27-24(14-25(18)29-17-22-10-4-5-12-26-22)21(16-28)13-20-9-6-8-19-7-2-3-11-23(19)20/h2-12,14-15,21,28H,13,16-17H2,1H3. The van der Waals surface area contributed by atoms with Crippen LogP contribution >= 0.6 is 0 Å². The number of aromatic nitrogens is 2. The van der Waals surface area contributed by atoms with Crippen LogP contribution in [0.1, 0.15) is 28.4 Å². The van der Waals surface area contributed by atoms with Crippen LogP contribution in [0.5, 0.6) is 5.75 Å². The molecule has 0 saturated carbocycles. The van der Waals surface area contributed by atoms with Crippen LogP contribution in [0.25, 0.3) is 10.8 Å². The molecule has 0 radical (unpaired) electrons. The lowest BCUT2D eigenvalue weighted by molar-refractivity contribution is 0.261. The second-order valence-electron chi connectivity index (χ2n) is 7.21. The van der Waals surface area contributed by atoms with Crippen molar-refractivity contribution in [3.05, 3.63) is 102 Å². The van der Waals surface area contributed by atoms with Gasteiger partial charge in [0.05, 0.1) is 12.3 Å². The van der Waals surface area contributed by atoms with Gasteiger partial charge in [0.15, 0.2) is 0 Å². The molecule has 1 atom stereocenters. The first kappa shape index (κ1) is 19.1. The van der Waals surface area contributed by atoms with E-state index in [0.29, 0.717) is 13.0 Å². The minimum Gasteiger partial charge on any atom is -0.487 e. The highest BCUT2D eigenvalue weighted by atomic mass is 16.5. The summed E-state index contributed by atoms with van der Waals surface area (Å²) in [4.78, 5) is 8.89. The second-order valence-corrected chi connectivity index (χ2v) is 7.21. The molecule has 0 spiro atoms. The highest BCUT2D eigenvalue weighted by Crippen LogP contribution is 2.28. The van der Waals surface area contributed by atoms with Gasteiger partial charge in [-0.3, -0.25) is 9.97 Å². The zero-order chi connectivity index (χ0) is 20.1. The highest BCUT2D eigenvalue weighted by Gasteiger charge is 2.16. The van der Waals surface area contributed by atoms with Gasteiger partial charge in [0.2, 0.25) is 0 Å². The molecule has 0 bridgehead atoms. The molecule has 2 aromatic heterocycles. The Morgan fingerprint density at radius 1 is 0.966 bits per heavy atom. The Morgan fingerprint density at radius 3 is 2.62 bits per heavy atom. The van der Waals surface area contributed by atoms with Crippen molar-refractivity contribution in [3.8, 4) is 5.75 Å². The minimum atomic E-state index is -0.0985. The summed E-state index contributed by atoms with van der Waals surface area (Å²) < 4.78 is 5.99. The Labute approximate surface area is 170 Å². The lowest BCUT2D eigenvalue weighted by Gasteiger charge is -2.17. The van der Waals surface area contributed by atoms with Crippen LogP contribution in [0.15, 0.2) is 79.1 Å². The Bertz CT molecular complexity index is 1090. The zero-order valence-electron chi connectivity index (χ0n) is 16.5. The fourth-order valence-corrected chi connectivity index (χ4v) is 3.53. The highest BCUT2D eigenvalue weighted by molar-refractivity contribution is 5.85. The van der Waals surface area contributed by atoms with E-state index in [2.05, 4.69) is 40.3 Å². The van der Waals surface area contributed by atoms with Crippen molar-refractivity contribution in [2.75, 3.05) is 6.61 Å². The van der Waals surface area contributed by atoms with E-state index in [1.807, 2.05) is 49.5 Å². The van der Waals surface area contributed by atoms with Gasteiger partial charge in [-0.2, -0.15) is 0 Å². The molecular formula is C25H24N2O2. The van der Waals surface area contributed by atoms with Crippen LogP contribution in [0.3, 0.4) is 0 Å². The first-order valence-electron chi connectivity index (χ1n) is 9.81. The van der Waals surface area contributed by atoms with Gasteiger partial charge in [0.25, 0.3) is 0 Å². The number of hydrogen-bond acceptors (Lipinski definition) is 4. The van der Waals surface area contributed by atoms with Gasteiger partial charge in [0, 0.05) is 35.6 Å². The molecule has 1 N–H and O–H groups in total.